The molecule has 2 rings (SSSR count). The van der Waals surface area contributed by atoms with Gasteiger partial charge in [-0.15, -0.1) is 0 Å². The van der Waals surface area contributed by atoms with E-state index in [0.29, 0.717) is 6.61 Å². The number of hydrogen-bond acceptors (Lipinski definition) is 5. The first-order valence-corrected chi connectivity index (χ1v) is 3.95. The third-order valence-electron chi connectivity index (χ3n) is 2.10. The Bertz CT molecular complexity index is 151. The first kappa shape index (κ1) is 8.40. The van der Waals surface area contributed by atoms with Crippen molar-refractivity contribution in [2.45, 2.75) is 18.3 Å². The number of hydrogen-bond donors (Lipinski definition) is 1. The molecule has 0 bridgehead atoms. The molecule has 2 saturated heterocycles. The van der Waals surface area contributed by atoms with Crippen LogP contribution in [0.15, 0.2) is 0 Å². The number of aliphatic hydroxyl groups is 1. The van der Waals surface area contributed by atoms with Crippen molar-refractivity contribution in [3.8, 4) is 0 Å². The van der Waals surface area contributed by atoms with E-state index < -0.39 is 0 Å². The fourth-order valence-corrected chi connectivity index (χ4v) is 1.45. The molecule has 0 saturated carbocycles. The molecule has 0 spiro atoms. The van der Waals surface area contributed by atoms with Crippen LogP contribution in [0.3, 0.4) is 0 Å². The third kappa shape index (κ3) is 1.46. The lowest BCUT2D eigenvalue weighted by Gasteiger charge is -2.19. The minimum Gasteiger partial charge on any atom is -0.394 e. The van der Waals surface area contributed by atoms with Crippen LogP contribution in [-0.4, -0.2) is 50.2 Å². The predicted molar refractivity (Wildman–Crippen MR) is 37.4 cm³/mol. The van der Waals surface area contributed by atoms with Crippen LogP contribution in [0.4, 0.5) is 0 Å². The molecule has 2 aliphatic heterocycles. The van der Waals surface area contributed by atoms with Gasteiger partial charge in [-0.05, 0) is 0 Å². The van der Waals surface area contributed by atoms with Crippen molar-refractivity contribution < 1.29 is 24.1 Å². The Balaban J connectivity index is 2.02. The van der Waals surface area contributed by atoms with Crippen LogP contribution in [0, 0.1) is 0 Å². The monoisotopic (exact) mass is 176 g/mol. The number of ether oxygens (including phenoxy) is 4. The summed E-state index contributed by atoms with van der Waals surface area (Å²) in [4.78, 5) is 0. The van der Waals surface area contributed by atoms with Gasteiger partial charge in [-0.25, -0.2) is 0 Å². The van der Waals surface area contributed by atoms with Gasteiger partial charge in [0.2, 0.25) is 0 Å². The Morgan fingerprint density at radius 3 is 2.92 bits per heavy atom. The minimum absolute atomic E-state index is 0.0616. The summed E-state index contributed by atoms with van der Waals surface area (Å²) in [5.41, 5.74) is 0. The fraction of sp³-hybridized carbons (Fsp3) is 1.00. The van der Waals surface area contributed by atoms with Gasteiger partial charge in [0.15, 0.2) is 0 Å². The van der Waals surface area contributed by atoms with Gasteiger partial charge in [0.05, 0.1) is 13.2 Å². The summed E-state index contributed by atoms with van der Waals surface area (Å²) in [7, 11) is 0. The minimum atomic E-state index is -0.319. The summed E-state index contributed by atoms with van der Waals surface area (Å²) >= 11 is 0. The second-order valence-corrected chi connectivity index (χ2v) is 2.83. The summed E-state index contributed by atoms with van der Waals surface area (Å²) in [6.45, 7) is 0.874. The molecule has 5 heteroatoms. The molecule has 2 aliphatic rings. The van der Waals surface area contributed by atoms with Crippen molar-refractivity contribution in [1.29, 1.82) is 0 Å². The first-order chi connectivity index (χ1) is 5.92. The molecular weight excluding hydrogens is 164 g/mol. The zero-order valence-corrected chi connectivity index (χ0v) is 6.64. The normalized spacial score (nSPS) is 42.2. The maximum absolute atomic E-state index is 8.95. The highest BCUT2D eigenvalue weighted by Gasteiger charge is 2.38. The maximum atomic E-state index is 8.95. The van der Waals surface area contributed by atoms with Gasteiger partial charge in [-0.2, -0.15) is 0 Å². The molecule has 0 aliphatic carbocycles. The van der Waals surface area contributed by atoms with E-state index in [-0.39, 0.29) is 38.5 Å². The van der Waals surface area contributed by atoms with Gasteiger partial charge in [0.1, 0.15) is 31.9 Å². The Hall–Kier alpha value is -0.200. The average molecular weight is 176 g/mol. The first-order valence-electron chi connectivity index (χ1n) is 3.95. The van der Waals surface area contributed by atoms with Crippen molar-refractivity contribution in [2.24, 2.45) is 0 Å². The number of rotatable bonds is 1. The van der Waals surface area contributed by atoms with Crippen molar-refractivity contribution >= 4 is 0 Å². The van der Waals surface area contributed by atoms with E-state index in [0.717, 1.165) is 0 Å². The fourth-order valence-electron chi connectivity index (χ4n) is 1.45. The van der Waals surface area contributed by atoms with E-state index >= 15 is 0 Å². The number of fused-ring (bicyclic) bond motifs is 1. The highest BCUT2D eigenvalue weighted by Crippen LogP contribution is 2.21. The van der Waals surface area contributed by atoms with Crippen LogP contribution >= 0.6 is 0 Å². The van der Waals surface area contributed by atoms with Crippen LogP contribution in [-0.2, 0) is 18.9 Å². The lowest BCUT2D eigenvalue weighted by Crippen LogP contribution is -2.38. The van der Waals surface area contributed by atoms with E-state index in [4.69, 9.17) is 24.1 Å². The van der Waals surface area contributed by atoms with Gasteiger partial charge in [-0.3, -0.25) is 0 Å². The second-order valence-electron chi connectivity index (χ2n) is 2.83. The molecule has 2 heterocycles. The molecule has 0 aromatic rings. The van der Waals surface area contributed by atoms with E-state index in [9.17, 15) is 0 Å². The molecule has 5 nitrogen and oxygen atoms in total. The Labute approximate surface area is 70.2 Å². The van der Waals surface area contributed by atoms with Crippen molar-refractivity contribution in [1.82, 2.24) is 0 Å². The highest BCUT2D eigenvalue weighted by atomic mass is 16.8. The maximum Gasteiger partial charge on any atom is 0.147 e. The lowest BCUT2D eigenvalue weighted by atomic mass is 10.1. The topological polar surface area (TPSA) is 57.2 Å². The summed E-state index contributed by atoms with van der Waals surface area (Å²) in [5.74, 6) is 0. The van der Waals surface area contributed by atoms with Crippen LogP contribution in [0.5, 0.6) is 0 Å². The van der Waals surface area contributed by atoms with Crippen molar-refractivity contribution in [3.63, 3.8) is 0 Å². The van der Waals surface area contributed by atoms with Crippen LogP contribution in [0.2, 0.25) is 0 Å². The Morgan fingerprint density at radius 1 is 1.17 bits per heavy atom. The van der Waals surface area contributed by atoms with Gasteiger partial charge >= 0.3 is 0 Å². The number of aliphatic hydroxyl groups excluding tert-OH is 1. The Kier molecular flexibility index (Phi) is 2.57. The third-order valence-corrected chi connectivity index (χ3v) is 2.10. The molecule has 12 heavy (non-hydrogen) atoms. The van der Waals surface area contributed by atoms with Crippen LogP contribution in [0.25, 0.3) is 0 Å². The Morgan fingerprint density at radius 2 is 2.08 bits per heavy atom. The molecule has 0 amide bonds. The molecule has 3 atom stereocenters. The molecule has 1 N–H and O–H groups in total. The van der Waals surface area contributed by atoms with E-state index in [2.05, 4.69) is 0 Å². The molecule has 0 aromatic carbocycles. The molecule has 70 valence electrons. The van der Waals surface area contributed by atoms with Crippen LogP contribution < -0.4 is 0 Å². The summed E-state index contributed by atoms with van der Waals surface area (Å²) < 4.78 is 20.8. The molecule has 3 unspecified atom stereocenters. The van der Waals surface area contributed by atoms with Crippen LogP contribution in [0.1, 0.15) is 0 Å². The molecule has 2 fully saturated rings. The largest absolute Gasteiger partial charge is 0.394 e. The average Bonchev–Trinajstić information content (AvgIpc) is 2.46. The SMILES string of the molecule is OCC1OCOCC2OCOC12. The lowest BCUT2D eigenvalue weighted by molar-refractivity contribution is -0.121. The summed E-state index contributed by atoms with van der Waals surface area (Å²) in [6, 6.07) is 0. The zero-order valence-electron chi connectivity index (χ0n) is 6.64. The second kappa shape index (κ2) is 3.68. The van der Waals surface area contributed by atoms with Gasteiger partial charge in [0.25, 0.3) is 0 Å². The highest BCUT2D eigenvalue weighted by molar-refractivity contribution is 4.82. The van der Waals surface area contributed by atoms with E-state index in [1.165, 1.54) is 0 Å². The van der Waals surface area contributed by atoms with E-state index in [1.54, 1.807) is 0 Å². The summed E-state index contributed by atoms with van der Waals surface area (Å²) in [6.07, 6.45) is -0.595. The molecule has 0 radical (unpaired) electrons. The molecule has 0 aromatic heterocycles. The summed E-state index contributed by atoms with van der Waals surface area (Å²) in [5, 5.41) is 8.95. The van der Waals surface area contributed by atoms with Crippen molar-refractivity contribution in [2.75, 3.05) is 26.8 Å². The standard InChI is InChI=1S/C7H12O5/c8-1-5-7-6(11-4-12-7)2-9-3-10-5/h5-8H,1-4H2. The van der Waals surface area contributed by atoms with E-state index in [1.807, 2.05) is 0 Å². The van der Waals surface area contributed by atoms with Crippen molar-refractivity contribution in [3.05, 3.63) is 0 Å². The predicted octanol–water partition coefficient (Wildman–Crippen LogP) is -0.907. The van der Waals surface area contributed by atoms with Gasteiger partial charge < -0.3 is 24.1 Å². The van der Waals surface area contributed by atoms with Gasteiger partial charge in [-0.1, -0.05) is 0 Å². The smallest absolute Gasteiger partial charge is 0.147 e. The quantitative estimate of drug-likeness (QED) is 0.560. The van der Waals surface area contributed by atoms with Gasteiger partial charge in [0, 0.05) is 0 Å². The molecular formula is C7H12O5. The zero-order chi connectivity index (χ0) is 8.39.